The Bertz CT molecular complexity index is 661. The molecule has 2 aromatic rings. The van der Waals surface area contributed by atoms with Crippen molar-refractivity contribution in [2.75, 3.05) is 12.0 Å². The summed E-state index contributed by atoms with van der Waals surface area (Å²) in [6.45, 7) is 2.05. The Morgan fingerprint density at radius 3 is 2.71 bits per heavy atom. The van der Waals surface area contributed by atoms with Gasteiger partial charge in [0, 0.05) is 11.1 Å². The highest BCUT2D eigenvalue weighted by Gasteiger charge is 2.12. The first-order valence-corrected chi connectivity index (χ1v) is 7.99. The summed E-state index contributed by atoms with van der Waals surface area (Å²) in [5.74, 6) is 0.443. The maximum absolute atomic E-state index is 11.2. The average Bonchev–Trinajstić information content (AvgIpc) is 2.58. The van der Waals surface area contributed by atoms with E-state index in [1.807, 2.05) is 13.0 Å². The predicted molar refractivity (Wildman–Crippen MR) is 69.8 cm³/mol. The smallest absolute Gasteiger partial charge is 0.154 e. The molecule has 0 aliphatic heterocycles. The number of fused-ring (bicyclic) bond motifs is 1. The number of rotatable bonds is 3. The van der Waals surface area contributed by atoms with Crippen LogP contribution in [0.3, 0.4) is 0 Å². The number of aryl methyl sites for hydroxylation is 1. The van der Waals surface area contributed by atoms with Crippen molar-refractivity contribution in [2.45, 2.75) is 19.1 Å². The Labute approximate surface area is 104 Å². The highest BCUT2D eigenvalue weighted by Crippen LogP contribution is 2.27. The van der Waals surface area contributed by atoms with Gasteiger partial charge in [-0.3, -0.25) is 0 Å². The Hall–Kier alpha value is -1.21. The van der Waals surface area contributed by atoms with Gasteiger partial charge < -0.3 is 5.73 Å². The van der Waals surface area contributed by atoms with E-state index in [1.54, 1.807) is 0 Å². The van der Waals surface area contributed by atoms with E-state index in [1.165, 1.54) is 11.3 Å². The highest BCUT2D eigenvalue weighted by molar-refractivity contribution is 7.89. The number of nitrogens with two attached hydrogens (primary N) is 1. The molecular weight excluding hydrogens is 258 g/mol. The zero-order valence-electron chi connectivity index (χ0n) is 9.60. The lowest BCUT2D eigenvalue weighted by Crippen LogP contribution is -2.06. The third kappa shape index (κ3) is 2.73. The highest BCUT2D eigenvalue weighted by atomic mass is 32.2. The van der Waals surface area contributed by atoms with Crippen LogP contribution in [-0.2, 0) is 22.0 Å². The molecule has 0 amide bonds. The molecule has 2 aromatic heterocycles. The molecule has 0 aromatic carbocycles. The summed E-state index contributed by atoms with van der Waals surface area (Å²) in [5.41, 5.74) is 5.80. The molecule has 0 spiro atoms. The molecule has 0 saturated carbocycles. The van der Waals surface area contributed by atoms with Crippen LogP contribution in [0.15, 0.2) is 6.07 Å². The van der Waals surface area contributed by atoms with Crippen LogP contribution in [0.4, 0.5) is 5.82 Å². The van der Waals surface area contributed by atoms with Crippen LogP contribution in [0, 0.1) is 0 Å². The lowest BCUT2D eigenvalue weighted by Gasteiger charge is -2.00. The van der Waals surface area contributed by atoms with Crippen molar-refractivity contribution in [2.24, 2.45) is 0 Å². The van der Waals surface area contributed by atoms with Gasteiger partial charge in [-0.15, -0.1) is 11.3 Å². The molecule has 2 rings (SSSR count). The minimum absolute atomic E-state index is 0.174. The average molecular weight is 271 g/mol. The minimum atomic E-state index is -3.14. The topological polar surface area (TPSA) is 85.9 Å². The zero-order chi connectivity index (χ0) is 12.6. The summed E-state index contributed by atoms with van der Waals surface area (Å²) in [6, 6.07) is 1.96. The molecule has 0 atom stereocenters. The first-order chi connectivity index (χ1) is 7.89. The van der Waals surface area contributed by atoms with Crippen molar-refractivity contribution in [1.82, 2.24) is 9.97 Å². The van der Waals surface area contributed by atoms with Gasteiger partial charge in [-0.1, -0.05) is 6.92 Å². The maximum atomic E-state index is 11.2. The Morgan fingerprint density at radius 2 is 2.12 bits per heavy atom. The molecule has 0 saturated heterocycles. The van der Waals surface area contributed by atoms with Crippen LogP contribution in [-0.4, -0.2) is 24.6 Å². The van der Waals surface area contributed by atoms with E-state index in [0.29, 0.717) is 5.82 Å². The molecule has 17 heavy (non-hydrogen) atoms. The van der Waals surface area contributed by atoms with E-state index < -0.39 is 9.84 Å². The third-order valence-corrected chi connectivity index (χ3v) is 4.22. The molecular formula is C10H13N3O2S2. The first-order valence-electron chi connectivity index (χ1n) is 5.11. The normalized spacial score (nSPS) is 12.1. The van der Waals surface area contributed by atoms with Crippen molar-refractivity contribution in [3.05, 3.63) is 16.8 Å². The van der Waals surface area contributed by atoms with E-state index in [0.717, 1.165) is 27.8 Å². The maximum Gasteiger partial charge on any atom is 0.154 e. The number of anilines is 1. The van der Waals surface area contributed by atoms with Gasteiger partial charge in [0.1, 0.15) is 22.2 Å². The fourth-order valence-electron chi connectivity index (χ4n) is 1.51. The molecule has 0 fully saturated rings. The number of hydrogen-bond acceptors (Lipinski definition) is 6. The fraction of sp³-hybridized carbons (Fsp3) is 0.400. The number of sulfone groups is 1. The number of nitrogens with zero attached hydrogens (tertiary/aromatic N) is 2. The minimum Gasteiger partial charge on any atom is -0.383 e. The first kappa shape index (κ1) is 12.3. The molecule has 0 radical (unpaired) electrons. The molecule has 0 aliphatic rings. The largest absolute Gasteiger partial charge is 0.383 e. The molecule has 0 unspecified atom stereocenters. The second kappa shape index (κ2) is 4.23. The monoisotopic (exact) mass is 271 g/mol. The molecule has 0 aliphatic carbocycles. The standard InChI is InChI=1S/C10H13N3O2S2/c1-3-6-4-7-9(11)12-8(5-17(2,14)15)13-10(7)16-6/h4H,3,5H2,1-2H3,(H2,11,12,13). The van der Waals surface area contributed by atoms with Crippen molar-refractivity contribution in [3.8, 4) is 0 Å². The summed E-state index contributed by atoms with van der Waals surface area (Å²) < 4.78 is 22.4. The molecule has 0 bridgehead atoms. The van der Waals surface area contributed by atoms with Gasteiger partial charge in [0.15, 0.2) is 9.84 Å². The van der Waals surface area contributed by atoms with Crippen molar-refractivity contribution in [1.29, 1.82) is 0 Å². The number of nitrogen functional groups attached to an aromatic ring is 1. The van der Waals surface area contributed by atoms with Gasteiger partial charge in [-0.25, -0.2) is 18.4 Å². The summed E-state index contributed by atoms with van der Waals surface area (Å²) in [7, 11) is -3.14. The van der Waals surface area contributed by atoms with E-state index >= 15 is 0 Å². The van der Waals surface area contributed by atoms with Crippen molar-refractivity contribution in [3.63, 3.8) is 0 Å². The quantitative estimate of drug-likeness (QED) is 0.911. The Balaban J connectivity index is 2.54. The van der Waals surface area contributed by atoms with Crippen LogP contribution in [0.25, 0.3) is 10.2 Å². The van der Waals surface area contributed by atoms with Gasteiger partial charge in [-0.05, 0) is 12.5 Å². The fourth-order valence-corrected chi connectivity index (χ4v) is 3.10. The summed E-state index contributed by atoms with van der Waals surface area (Å²) in [4.78, 5) is 10.2. The number of hydrogen-bond donors (Lipinski definition) is 1. The number of aromatic nitrogens is 2. The van der Waals surface area contributed by atoms with Crippen molar-refractivity contribution >= 4 is 37.2 Å². The van der Waals surface area contributed by atoms with Crippen LogP contribution in [0.2, 0.25) is 0 Å². The van der Waals surface area contributed by atoms with E-state index in [4.69, 9.17) is 5.73 Å². The van der Waals surface area contributed by atoms with Crippen LogP contribution < -0.4 is 5.73 Å². The van der Waals surface area contributed by atoms with Gasteiger partial charge in [-0.2, -0.15) is 0 Å². The van der Waals surface area contributed by atoms with E-state index in [2.05, 4.69) is 9.97 Å². The molecule has 2 N–H and O–H groups in total. The molecule has 7 heteroatoms. The summed E-state index contributed by atoms with van der Waals surface area (Å²) in [6.07, 6.45) is 2.06. The van der Waals surface area contributed by atoms with Crippen LogP contribution >= 0.6 is 11.3 Å². The molecule has 5 nitrogen and oxygen atoms in total. The Morgan fingerprint density at radius 1 is 1.41 bits per heavy atom. The number of thiophene rings is 1. The third-order valence-electron chi connectivity index (χ3n) is 2.26. The second-order valence-corrected chi connectivity index (χ2v) is 7.14. The predicted octanol–water partition coefficient (Wildman–Crippen LogP) is 1.38. The van der Waals surface area contributed by atoms with E-state index in [-0.39, 0.29) is 11.6 Å². The van der Waals surface area contributed by atoms with Gasteiger partial charge in [0.25, 0.3) is 0 Å². The van der Waals surface area contributed by atoms with Crippen LogP contribution in [0.5, 0.6) is 0 Å². The molecule has 92 valence electrons. The van der Waals surface area contributed by atoms with E-state index in [9.17, 15) is 8.42 Å². The Kier molecular flexibility index (Phi) is 3.05. The van der Waals surface area contributed by atoms with Gasteiger partial charge in [0.05, 0.1) is 5.39 Å². The van der Waals surface area contributed by atoms with Crippen LogP contribution in [0.1, 0.15) is 17.6 Å². The zero-order valence-corrected chi connectivity index (χ0v) is 11.2. The van der Waals surface area contributed by atoms with Gasteiger partial charge >= 0.3 is 0 Å². The lowest BCUT2D eigenvalue weighted by atomic mass is 10.3. The SMILES string of the molecule is CCc1cc2c(N)nc(CS(C)(=O)=O)nc2s1. The summed E-state index contributed by atoms with van der Waals surface area (Å²) >= 11 is 1.53. The summed E-state index contributed by atoms with van der Waals surface area (Å²) in [5, 5.41) is 0.809. The second-order valence-electron chi connectivity index (χ2n) is 3.88. The molecule has 2 heterocycles. The van der Waals surface area contributed by atoms with Crippen molar-refractivity contribution < 1.29 is 8.42 Å². The van der Waals surface area contributed by atoms with Gasteiger partial charge in [0.2, 0.25) is 0 Å². The lowest BCUT2D eigenvalue weighted by molar-refractivity contribution is 0.600.